The number of amides is 1. The SMILES string of the molecule is N#C/C(=C\c1ccccc1)C(=O)Nc1cccc(-c2csc(-c3ccccn3)n2)c1. The third-order valence-corrected chi connectivity index (χ3v) is 5.14. The summed E-state index contributed by atoms with van der Waals surface area (Å²) in [5.41, 5.74) is 3.93. The van der Waals surface area contributed by atoms with Crippen molar-refractivity contribution in [3.63, 3.8) is 0 Å². The number of hydrogen-bond donors (Lipinski definition) is 1. The number of anilines is 1. The Morgan fingerprint density at radius 3 is 2.60 bits per heavy atom. The maximum absolute atomic E-state index is 12.6. The monoisotopic (exact) mass is 408 g/mol. The third-order valence-electron chi connectivity index (χ3n) is 4.28. The number of benzene rings is 2. The molecule has 0 fully saturated rings. The van der Waals surface area contributed by atoms with E-state index in [-0.39, 0.29) is 5.57 Å². The summed E-state index contributed by atoms with van der Waals surface area (Å²) < 4.78 is 0. The van der Waals surface area contributed by atoms with Gasteiger partial charge in [0.25, 0.3) is 5.91 Å². The highest BCUT2D eigenvalue weighted by atomic mass is 32.1. The number of hydrogen-bond acceptors (Lipinski definition) is 5. The number of nitrogens with zero attached hydrogens (tertiary/aromatic N) is 3. The van der Waals surface area contributed by atoms with Crippen LogP contribution in [0, 0.1) is 11.3 Å². The zero-order valence-corrected chi connectivity index (χ0v) is 16.6. The molecule has 0 aliphatic carbocycles. The smallest absolute Gasteiger partial charge is 0.266 e. The van der Waals surface area contributed by atoms with Gasteiger partial charge in [-0.05, 0) is 35.9 Å². The van der Waals surface area contributed by atoms with Crippen molar-refractivity contribution in [1.82, 2.24) is 9.97 Å². The molecule has 2 aromatic heterocycles. The van der Waals surface area contributed by atoms with Gasteiger partial charge in [0.1, 0.15) is 16.6 Å². The Morgan fingerprint density at radius 1 is 1.00 bits per heavy atom. The highest BCUT2D eigenvalue weighted by Crippen LogP contribution is 2.29. The lowest BCUT2D eigenvalue weighted by atomic mass is 10.1. The van der Waals surface area contributed by atoms with Crippen molar-refractivity contribution in [3.05, 3.63) is 95.5 Å². The fourth-order valence-corrected chi connectivity index (χ4v) is 3.64. The van der Waals surface area contributed by atoms with Gasteiger partial charge in [0.2, 0.25) is 0 Å². The molecule has 4 rings (SSSR count). The van der Waals surface area contributed by atoms with Crippen LogP contribution < -0.4 is 5.32 Å². The van der Waals surface area contributed by atoms with Gasteiger partial charge in [0.15, 0.2) is 0 Å². The minimum Gasteiger partial charge on any atom is -0.321 e. The highest BCUT2D eigenvalue weighted by Gasteiger charge is 2.12. The lowest BCUT2D eigenvalue weighted by Crippen LogP contribution is -2.13. The number of pyridine rings is 1. The van der Waals surface area contributed by atoms with Gasteiger partial charge < -0.3 is 5.32 Å². The van der Waals surface area contributed by atoms with Gasteiger partial charge in [-0.15, -0.1) is 11.3 Å². The molecule has 144 valence electrons. The topological polar surface area (TPSA) is 78.7 Å². The summed E-state index contributed by atoms with van der Waals surface area (Å²) in [7, 11) is 0. The summed E-state index contributed by atoms with van der Waals surface area (Å²) in [6.07, 6.45) is 3.31. The van der Waals surface area contributed by atoms with Crippen molar-refractivity contribution in [3.8, 4) is 28.0 Å². The predicted molar refractivity (Wildman–Crippen MR) is 119 cm³/mol. The third kappa shape index (κ3) is 4.49. The molecule has 0 aliphatic heterocycles. The number of rotatable bonds is 5. The quantitative estimate of drug-likeness (QED) is 0.353. The Balaban J connectivity index is 1.54. The highest BCUT2D eigenvalue weighted by molar-refractivity contribution is 7.13. The number of nitriles is 1. The van der Waals surface area contributed by atoms with Crippen molar-refractivity contribution in [2.45, 2.75) is 0 Å². The lowest BCUT2D eigenvalue weighted by Gasteiger charge is -2.06. The molecule has 1 amide bonds. The van der Waals surface area contributed by atoms with Gasteiger partial charge in [0.05, 0.1) is 11.4 Å². The van der Waals surface area contributed by atoms with Gasteiger partial charge in [-0.25, -0.2) is 4.98 Å². The van der Waals surface area contributed by atoms with E-state index in [1.165, 1.54) is 11.3 Å². The summed E-state index contributed by atoms with van der Waals surface area (Å²) in [6.45, 7) is 0. The normalized spacial score (nSPS) is 11.0. The Kier molecular flexibility index (Phi) is 5.74. The minimum atomic E-state index is -0.453. The number of carbonyl (C=O) groups is 1. The van der Waals surface area contributed by atoms with E-state index < -0.39 is 5.91 Å². The van der Waals surface area contributed by atoms with E-state index in [0.717, 1.165) is 27.5 Å². The Bertz CT molecular complexity index is 1240. The second-order valence-corrected chi connectivity index (χ2v) is 7.23. The molecule has 0 aliphatic rings. The van der Waals surface area contributed by atoms with Gasteiger partial charge in [0, 0.05) is 22.8 Å². The molecule has 6 heteroatoms. The number of nitrogens with one attached hydrogen (secondary N) is 1. The molecule has 2 heterocycles. The first kappa shape index (κ1) is 19.2. The van der Waals surface area contributed by atoms with Crippen LogP contribution in [-0.2, 0) is 4.79 Å². The largest absolute Gasteiger partial charge is 0.321 e. The summed E-state index contributed by atoms with van der Waals surface area (Å²) in [5, 5.41) is 15.0. The maximum Gasteiger partial charge on any atom is 0.266 e. The Morgan fingerprint density at radius 2 is 1.83 bits per heavy atom. The van der Waals surface area contributed by atoms with Crippen molar-refractivity contribution < 1.29 is 4.79 Å². The molecular weight excluding hydrogens is 392 g/mol. The molecule has 0 atom stereocenters. The number of thiazole rings is 1. The fraction of sp³-hybridized carbons (Fsp3) is 0. The summed E-state index contributed by atoms with van der Waals surface area (Å²) >= 11 is 1.51. The molecule has 5 nitrogen and oxygen atoms in total. The first-order valence-electron chi connectivity index (χ1n) is 9.18. The molecule has 2 aromatic carbocycles. The van der Waals surface area contributed by atoms with E-state index in [4.69, 9.17) is 0 Å². The van der Waals surface area contributed by atoms with Crippen LogP contribution in [0.4, 0.5) is 5.69 Å². The maximum atomic E-state index is 12.6. The lowest BCUT2D eigenvalue weighted by molar-refractivity contribution is -0.112. The van der Waals surface area contributed by atoms with E-state index in [9.17, 15) is 10.1 Å². The van der Waals surface area contributed by atoms with Crippen molar-refractivity contribution in [1.29, 1.82) is 5.26 Å². The van der Waals surface area contributed by atoms with E-state index in [0.29, 0.717) is 5.69 Å². The van der Waals surface area contributed by atoms with E-state index in [1.807, 2.05) is 78.2 Å². The summed E-state index contributed by atoms with van der Waals surface area (Å²) in [6, 6.07) is 24.4. The van der Waals surface area contributed by atoms with Crippen LogP contribution in [0.3, 0.4) is 0 Å². The van der Waals surface area contributed by atoms with Crippen molar-refractivity contribution in [2.24, 2.45) is 0 Å². The van der Waals surface area contributed by atoms with Gasteiger partial charge in [-0.3, -0.25) is 9.78 Å². The van der Waals surface area contributed by atoms with Crippen LogP contribution in [0.15, 0.2) is 89.9 Å². The van der Waals surface area contributed by atoms with Crippen LogP contribution in [-0.4, -0.2) is 15.9 Å². The minimum absolute atomic E-state index is 0.0395. The second-order valence-electron chi connectivity index (χ2n) is 6.37. The van der Waals surface area contributed by atoms with Gasteiger partial charge >= 0.3 is 0 Å². The molecule has 0 saturated carbocycles. The molecule has 0 bridgehead atoms. The average molecular weight is 408 g/mol. The summed E-state index contributed by atoms with van der Waals surface area (Å²) in [4.78, 5) is 21.5. The molecule has 30 heavy (non-hydrogen) atoms. The van der Waals surface area contributed by atoms with Gasteiger partial charge in [-0.1, -0.05) is 48.5 Å². The van der Waals surface area contributed by atoms with Crippen molar-refractivity contribution >= 4 is 29.0 Å². The first-order chi connectivity index (χ1) is 14.7. The molecule has 1 N–H and O–H groups in total. The Hall–Kier alpha value is -4.08. The van der Waals surface area contributed by atoms with Crippen LogP contribution in [0.5, 0.6) is 0 Å². The van der Waals surface area contributed by atoms with Crippen LogP contribution in [0.1, 0.15) is 5.56 Å². The van der Waals surface area contributed by atoms with Crippen LogP contribution in [0.2, 0.25) is 0 Å². The van der Waals surface area contributed by atoms with E-state index >= 15 is 0 Å². The number of aromatic nitrogens is 2. The zero-order valence-electron chi connectivity index (χ0n) is 15.8. The number of carbonyl (C=O) groups excluding carboxylic acids is 1. The summed E-state index contributed by atoms with van der Waals surface area (Å²) in [5.74, 6) is -0.453. The Labute approximate surface area is 178 Å². The zero-order chi connectivity index (χ0) is 20.8. The molecule has 0 radical (unpaired) electrons. The van der Waals surface area contributed by atoms with Crippen LogP contribution in [0.25, 0.3) is 28.0 Å². The van der Waals surface area contributed by atoms with Crippen LogP contribution >= 0.6 is 11.3 Å². The first-order valence-corrected chi connectivity index (χ1v) is 10.1. The molecule has 0 saturated heterocycles. The molecule has 4 aromatic rings. The van der Waals surface area contributed by atoms with Gasteiger partial charge in [-0.2, -0.15) is 5.26 Å². The second kappa shape index (κ2) is 8.95. The van der Waals surface area contributed by atoms with E-state index in [1.54, 1.807) is 18.3 Å². The standard InChI is InChI=1S/C24H16N4OS/c25-15-19(13-17-7-2-1-3-8-17)23(29)27-20-10-6-9-18(14-20)22-16-30-24(28-22)21-11-4-5-12-26-21/h1-14,16H,(H,27,29)/b19-13+. The predicted octanol–water partition coefficient (Wildman–Crippen LogP) is 5.42. The fourth-order valence-electron chi connectivity index (χ4n) is 2.83. The van der Waals surface area contributed by atoms with E-state index in [2.05, 4.69) is 15.3 Å². The molecular formula is C24H16N4OS. The molecule has 0 unspecified atom stereocenters. The average Bonchev–Trinajstić information content (AvgIpc) is 3.29. The molecule has 0 spiro atoms. The van der Waals surface area contributed by atoms with Crippen molar-refractivity contribution in [2.75, 3.05) is 5.32 Å².